The van der Waals surface area contributed by atoms with E-state index >= 15 is 0 Å². The molecule has 0 aromatic rings. The third-order valence-corrected chi connectivity index (χ3v) is 7.79. The maximum absolute atomic E-state index is 5.50. The molecule has 0 amide bonds. The molecule has 1 heteroatoms. The van der Waals surface area contributed by atoms with Crippen LogP contribution in [0.3, 0.4) is 0 Å². The lowest BCUT2D eigenvalue weighted by Crippen LogP contribution is -2.43. The highest BCUT2D eigenvalue weighted by molar-refractivity contribution is 5.32. The Labute approximate surface area is 129 Å². The number of hydrogen-bond acceptors (Lipinski definition) is 1. The highest BCUT2D eigenvalue weighted by Gasteiger charge is 2.53. The summed E-state index contributed by atoms with van der Waals surface area (Å²) < 4.78 is 5.50. The molecule has 0 spiro atoms. The van der Waals surface area contributed by atoms with Gasteiger partial charge in [0.2, 0.25) is 0 Å². The van der Waals surface area contributed by atoms with Crippen LogP contribution in [0.5, 0.6) is 0 Å². The number of ether oxygens (including phenoxy) is 1. The Balaban J connectivity index is 1.61. The monoisotopic (exact) mass is 286 g/mol. The molecular formula is C20H30O. The zero-order chi connectivity index (χ0) is 14.6. The van der Waals surface area contributed by atoms with E-state index in [4.69, 9.17) is 4.74 Å². The van der Waals surface area contributed by atoms with Crippen molar-refractivity contribution in [3.8, 4) is 0 Å². The molecule has 0 aromatic heterocycles. The third kappa shape index (κ3) is 1.95. The SMILES string of the molecule is COC1=CCC2=C(CC[C@@H]3[C@@H]2CC[C@]2(C)[C@@H](C)CC[C@@H]32)C1. The van der Waals surface area contributed by atoms with E-state index in [1.165, 1.54) is 50.7 Å². The molecule has 0 N–H and O–H groups in total. The summed E-state index contributed by atoms with van der Waals surface area (Å²) in [5.41, 5.74) is 4.22. The van der Waals surface area contributed by atoms with Crippen molar-refractivity contribution in [1.29, 1.82) is 0 Å². The van der Waals surface area contributed by atoms with Gasteiger partial charge in [0.15, 0.2) is 0 Å². The highest BCUT2D eigenvalue weighted by atomic mass is 16.5. The van der Waals surface area contributed by atoms with Gasteiger partial charge in [0.25, 0.3) is 0 Å². The standard InChI is InChI=1S/C20H30O/c1-13-4-9-19-18-7-5-14-12-15(21-3)6-8-16(14)17(18)10-11-20(13,19)2/h6,13,17-19H,4-5,7-12H2,1-3H3/t13-,17+,18+,19-,20+/m0/s1. The molecule has 0 saturated heterocycles. The first-order valence-electron chi connectivity index (χ1n) is 9.07. The van der Waals surface area contributed by atoms with Crippen molar-refractivity contribution in [1.82, 2.24) is 0 Å². The number of rotatable bonds is 1. The minimum absolute atomic E-state index is 0.654. The van der Waals surface area contributed by atoms with Gasteiger partial charge in [-0.25, -0.2) is 0 Å². The molecule has 0 bridgehead atoms. The molecule has 4 aliphatic carbocycles. The smallest absolute Gasteiger partial charge is 0.0959 e. The van der Waals surface area contributed by atoms with Gasteiger partial charge in [0.05, 0.1) is 12.9 Å². The maximum atomic E-state index is 5.50. The predicted molar refractivity (Wildman–Crippen MR) is 86.8 cm³/mol. The molecule has 2 saturated carbocycles. The average Bonchev–Trinajstić information content (AvgIpc) is 2.82. The maximum Gasteiger partial charge on any atom is 0.0959 e. The Kier molecular flexibility index (Phi) is 3.24. The lowest BCUT2D eigenvalue weighted by Gasteiger charge is -2.51. The van der Waals surface area contributed by atoms with Crippen LogP contribution in [0, 0.1) is 29.1 Å². The second-order valence-electron chi connectivity index (χ2n) is 8.32. The van der Waals surface area contributed by atoms with E-state index < -0.39 is 0 Å². The lowest BCUT2D eigenvalue weighted by molar-refractivity contribution is 0.0187. The van der Waals surface area contributed by atoms with Gasteiger partial charge in [-0.15, -0.1) is 0 Å². The fourth-order valence-electron chi connectivity index (χ4n) is 6.31. The van der Waals surface area contributed by atoms with Crippen LogP contribution in [-0.4, -0.2) is 7.11 Å². The molecule has 4 aliphatic rings. The topological polar surface area (TPSA) is 9.23 Å². The van der Waals surface area contributed by atoms with Gasteiger partial charge in [-0.3, -0.25) is 0 Å². The van der Waals surface area contributed by atoms with Crippen LogP contribution in [0.4, 0.5) is 0 Å². The average molecular weight is 286 g/mol. The van der Waals surface area contributed by atoms with Crippen molar-refractivity contribution in [2.24, 2.45) is 29.1 Å². The number of fused-ring (bicyclic) bond motifs is 4. The summed E-state index contributed by atoms with van der Waals surface area (Å²) >= 11 is 0. The van der Waals surface area contributed by atoms with Crippen LogP contribution >= 0.6 is 0 Å². The van der Waals surface area contributed by atoms with E-state index in [-0.39, 0.29) is 0 Å². The summed E-state index contributed by atoms with van der Waals surface area (Å²) in [6, 6.07) is 0. The molecule has 0 heterocycles. The van der Waals surface area contributed by atoms with E-state index in [0.29, 0.717) is 5.41 Å². The molecule has 0 aromatic carbocycles. The van der Waals surface area contributed by atoms with Crippen molar-refractivity contribution in [3.63, 3.8) is 0 Å². The second kappa shape index (κ2) is 4.89. The number of hydrogen-bond donors (Lipinski definition) is 0. The van der Waals surface area contributed by atoms with E-state index in [1.807, 2.05) is 12.7 Å². The molecule has 5 atom stereocenters. The van der Waals surface area contributed by atoms with Crippen LogP contribution in [0.2, 0.25) is 0 Å². The van der Waals surface area contributed by atoms with Crippen LogP contribution in [0.1, 0.15) is 65.2 Å². The van der Waals surface area contributed by atoms with Crippen LogP contribution in [-0.2, 0) is 4.74 Å². The van der Waals surface area contributed by atoms with E-state index in [2.05, 4.69) is 19.9 Å². The molecule has 2 fully saturated rings. The largest absolute Gasteiger partial charge is 0.501 e. The van der Waals surface area contributed by atoms with E-state index in [9.17, 15) is 0 Å². The molecule has 0 radical (unpaired) electrons. The normalized spacial score (nSPS) is 45.6. The summed E-state index contributed by atoms with van der Waals surface area (Å²) in [6.45, 7) is 5.13. The quantitative estimate of drug-likeness (QED) is 0.580. The van der Waals surface area contributed by atoms with Gasteiger partial charge in [-0.05, 0) is 80.1 Å². The summed E-state index contributed by atoms with van der Waals surface area (Å²) in [7, 11) is 1.83. The third-order valence-electron chi connectivity index (χ3n) is 7.79. The molecule has 4 rings (SSSR count). The van der Waals surface area contributed by atoms with Gasteiger partial charge in [0, 0.05) is 6.42 Å². The number of allylic oxidation sites excluding steroid dienone is 3. The van der Waals surface area contributed by atoms with Crippen molar-refractivity contribution in [2.75, 3.05) is 7.11 Å². The van der Waals surface area contributed by atoms with Crippen molar-refractivity contribution >= 4 is 0 Å². The molecule has 116 valence electrons. The second-order valence-corrected chi connectivity index (χ2v) is 8.32. The first kappa shape index (κ1) is 13.9. The predicted octanol–water partition coefficient (Wildman–Crippen LogP) is 5.48. The first-order valence-corrected chi connectivity index (χ1v) is 9.07. The van der Waals surface area contributed by atoms with Gasteiger partial charge in [-0.2, -0.15) is 0 Å². The van der Waals surface area contributed by atoms with Crippen LogP contribution < -0.4 is 0 Å². The Morgan fingerprint density at radius 1 is 1.19 bits per heavy atom. The van der Waals surface area contributed by atoms with Crippen LogP contribution in [0.25, 0.3) is 0 Å². The summed E-state index contributed by atoms with van der Waals surface area (Å²) in [5, 5.41) is 0. The summed E-state index contributed by atoms with van der Waals surface area (Å²) in [5.74, 6) is 5.07. The Morgan fingerprint density at radius 2 is 2.05 bits per heavy atom. The molecular weight excluding hydrogens is 256 g/mol. The van der Waals surface area contributed by atoms with Gasteiger partial charge < -0.3 is 4.74 Å². The zero-order valence-corrected chi connectivity index (χ0v) is 14.0. The number of methoxy groups -OCH3 is 1. The van der Waals surface area contributed by atoms with E-state index in [0.717, 1.165) is 30.1 Å². The lowest BCUT2D eigenvalue weighted by atomic mass is 9.53. The minimum atomic E-state index is 0.654. The highest BCUT2D eigenvalue weighted by Crippen LogP contribution is 2.62. The fraction of sp³-hybridized carbons (Fsp3) is 0.800. The van der Waals surface area contributed by atoms with Crippen LogP contribution in [0.15, 0.2) is 23.0 Å². The Hall–Kier alpha value is -0.720. The zero-order valence-electron chi connectivity index (χ0n) is 14.0. The molecule has 0 unspecified atom stereocenters. The molecule has 0 aliphatic heterocycles. The van der Waals surface area contributed by atoms with Gasteiger partial charge in [0.1, 0.15) is 0 Å². The summed E-state index contributed by atoms with van der Waals surface area (Å²) in [6.07, 6.45) is 13.3. The van der Waals surface area contributed by atoms with Crippen molar-refractivity contribution in [2.45, 2.75) is 65.2 Å². The summed E-state index contributed by atoms with van der Waals surface area (Å²) in [4.78, 5) is 0. The molecule has 21 heavy (non-hydrogen) atoms. The van der Waals surface area contributed by atoms with Gasteiger partial charge >= 0.3 is 0 Å². The minimum Gasteiger partial charge on any atom is -0.501 e. The van der Waals surface area contributed by atoms with Crippen molar-refractivity contribution in [3.05, 3.63) is 23.0 Å². The fourth-order valence-corrected chi connectivity index (χ4v) is 6.31. The van der Waals surface area contributed by atoms with E-state index in [1.54, 1.807) is 5.57 Å². The molecule has 1 nitrogen and oxygen atoms in total. The Morgan fingerprint density at radius 3 is 2.86 bits per heavy atom. The van der Waals surface area contributed by atoms with Gasteiger partial charge in [-0.1, -0.05) is 25.0 Å². The Bertz CT molecular complexity index is 500. The van der Waals surface area contributed by atoms with Crippen molar-refractivity contribution < 1.29 is 4.74 Å². The first-order chi connectivity index (χ1) is 10.1.